The third kappa shape index (κ3) is 5.34. The SMILES string of the molecule is CC1(C)CCCCC1NS(=O)(=O)CCCCNC1CC1. The summed E-state index contributed by atoms with van der Waals surface area (Å²) in [6.45, 7) is 5.31. The summed E-state index contributed by atoms with van der Waals surface area (Å²) in [7, 11) is -3.12. The van der Waals surface area contributed by atoms with E-state index < -0.39 is 10.0 Å². The number of rotatable bonds is 8. The second kappa shape index (κ2) is 6.75. The summed E-state index contributed by atoms with van der Waals surface area (Å²) in [5, 5.41) is 3.42. The van der Waals surface area contributed by atoms with E-state index in [9.17, 15) is 8.42 Å². The third-order valence-electron chi connectivity index (χ3n) is 4.68. The molecule has 2 saturated carbocycles. The van der Waals surface area contributed by atoms with Crippen LogP contribution in [-0.4, -0.2) is 32.8 Å². The van der Waals surface area contributed by atoms with Gasteiger partial charge in [-0.3, -0.25) is 0 Å². The Morgan fingerprint density at radius 2 is 1.85 bits per heavy atom. The van der Waals surface area contributed by atoms with E-state index >= 15 is 0 Å². The summed E-state index contributed by atoms with van der Waals surface area (Å²) < 4.78 is 27.3. The first-order chi connectivity index (χ1) is 9.39. The van der Waals surface area contributed by atoms with Crippen LogP contribution in [0.15, 0.2) is 0 Å². The average molecular weight is 302 g/mol. The Labute approximate surface area is 124 Å². The summed E-state index contributed by atoms with van der Waals surface area (Å²) in [5.74, 6) is 0.270. The summed E-state index contributed by atoms with van der Waals surface area (Å²) in [6, 6.07) is 0.832. The predicted octanol–water partition coefficient (Wildman–Crippen LogP) is 2.41. The predicted molar refractivity (Wildman–Crippen MR) is 83.2 cm³/mol. The van der Waals surface area contributed by atoms with Gasteiger partial charge in [0.15, 0.2) is 0 Å². The molecule has 0 saturated heterocycles. The number of nitrogens with one attached hydrogen (secondary N) is 2. The van der Waals surface area contributed by atoms with Crippen molar-refractivity contribution in [2.45, 2.75) is 77.3 Å². The van der Waals surface area contributed by atoms with E-state index in [1.165, 1.54) is 19.3 Å². The van der Waals surface area contributed by atoms with E-state index in [-0.39, 0.29) is 17.2 Å². The smallest absolute Gasteiger partial charge is 0.211 e. The molecule has 0 spiro atoms. The molecule has 20 heavy (non-hydrogen) atoms. The van der Waals surface area contributed by atoms with Crippen molar-refractivity contribution in [3.05, 3.63) is 0 Å². The normalized spacial score (nSPS) is 26.6. The fourth-order valence-corrected chi connectivity index (χ4v) is 4.57. The lowest BCUT2D eigenvalue weighted by Crippen LogP contribution is -2.47. The van der Waals surface area contributed by atoms with Gasteiger partial charge in [-0.1, -0.05) is 26.7 Å². The lowest BCUT2D eigenvalue weighted by Gasteiger charge is -2.38. The van der Waals surface area contributed by atoms with E-state index in [1.807, 2.05) is 0 Å². The minimum Gasteiger partial charge on any atom is -0.314 e. The molecule has 0 aliphatic heterocycles. The Morgan fingerprint density at radius 1 is 1.10 bits per heavy atom. The van der Waals surface area contributed by atoms with Gasteiger partial charge in [-0.25, -0.2) is 13.1 Å². The van der Waals surface area contributed by atoms with Crippen LogP contribution in [0.4, 0.5) is 0 Å². The monoisotopic (exact) mass is 302 g/mol. The second-order valence-electron chi connectivity index (χ2n) is 7.16. The first-order valence-electron chi connectivity index (χ1n) is 8.12. The molecule has 2 fully saturated rings. The first kappa shape index (κ1) is 16.2. The fraction of sp³-hybridized carbons (Fsp3) is 1.00. The molecule has 0 amide bonds. The Bertz CT molecular complexity index is 402. The Morgan fingerprint density at radius 3 is 2.50 bits per heavy atom. The number of unbranched alkanes of at least 4 members (excludes halogenated alkanes) is 1. The molecule has 2 aliphatic rings. The quantitative estimate of drug-likeness (QED) is 0.677. The van der Waals surface area contributed by atoms with Crippen LogP contribution in [0.25, 0.3) is 0 Å². The summed E-state index contributed by atoms with van der Waals surface area (Å²) in [4.78, 5) is 0. The minimum absolute atomic E-state index is 0.0961. The molecule has 0 radical (unpaired) electrons. The van der Waals surface area contributed by atoms with Gasteiger partial charge >= 0.3 is 0 Å². The van der Waals surface area contributed by atoms with Crippen molar-refractivity contribution in [1.29, 1.82) is 0 Å². The topological polar surface area (TPSA) is 58.2 Å². The largest absolute Gasteiger partial charge is 0.314 e. The zero-order valence-electron chi connectivity index (χ0n) is 13.0. The van der Waals surface area contributed by atoms with Crippen LogP contribution in [-0.2, 0) is 10.0 Å². The average Bonchev–Trinajstić information content (AvgIpc) is 3.15. The number of sulfonamides is 1. The molecular weight excluding hydrogens is 272 g/mol. The van der Waals surface area contributed by atoms with Crippen LogP contribution in [0.2, 0.25) is 0 Å². The zero-order chi connectivity index (χ0) is 14.6. The molecule has 4 nitrogen and oxygen atoms in total. The molecule has 0 heterocycles. The maximum Gasteiger partial charge on any atom is 0.211 e. The van der Waals surface area contributed by atoms with Crippen molar-refractivity contribution in [3.63, 3.8) is 0 Å². The van der Waals surface area contributed by atoms with Gasteiger partial charge in [0.05, 0.1) is 5.75 Å². The van der Waals surface area contributed by atoms with Crippen molar-refractivity contribution < 1.29 is 8.42 Å². The molecule has 0 bridgehead atoms. The van der Waals surface area contributed by atoms with Crippen molar-refractivity contribution in [3.8, 4) is 0 Å². The standard InChI is InChI=1S/C15H30N2O2S/c1-15(2)10-4-3-7-14(15)17-20(18,19)12-6-5-11-16-13-8-9-13/h13-14,16-17H,3-12H2,1-2H3. The molecule has 2 aliphatic carbocycles. The van der Waals surface area contributed by atoms with E-state index in [0.717, 1.165) is 38.6 Å². The maximum atomic E-state index is 12.2. The second-order valence-corrected chi connectivity index (χ2v) is 9.03. The maximum absolute atomic E-state index is 12.2. The zero-order valence-corrected chi connectivity index (χ0v) is 13.8. The van der Waals surface area contributed by atoms with Crippen LogP contribution < -0.4 is 10.0 Å². The van der Waals surface area contributed by atoms with Crippen molar-refractivity contribution in [2.75, 3.05) is 12.3 Å². The number of hydrogen-bond donors (Lipinski definition) is 2. The van der Waals surface area contributed by atoms with Gasteiger partial charge in [-0.2, -0.15) is 0 Å². The van der Waals surface area contributed by atoms with Gasteiger partial charge in [-0.05, 0) is 50.5 Å². The Kier molecular flexibility index (Phi) is 5.49. The molecule has 0 aromatic carbocycles. The first-order valence-corrected chi connectivity index (χ1v) is 9.78. The highest BCUT2D eigenvalue weighted by molar-refractivity contribution is 7.89. The fourth-order valence-electron chi connectivity index (χ4n) is 3.00. The van der Waals surface area contributed by atoms with Gasteiger partial charge in [0, 0.05) is 12.1 Å². The number of hydrogen-bond acceptors (Lipinski definition) is 3. The molecular formula is C15H30N2O2S. The van der Waals surface area contributed by atoms with Gasteiger partial charge < -0.3 is 5.32 Å². The molecule has 2 N–H and O–H groups in total. The van der Waals surface area contributed by atoms with Crippen molar-refractivity contribution in [1.82, 2.24) is 10.0 Å². The van der Waals surface area contributed by atoms with E-state index in [1.54, 1.807) is 0 Å². The highest BCUT2D eigenvalue weighted by Crippen LogP contribution is 2.35. The van der Waals surface area contributed by atoms with Gasteiger partial charge in [0.2, 0.25) is 10.0 Å². The highest BCUT2D eigenvalue weighted by atomic mass is 32.2. The third-order valence-corrected chi connectivity index (χ3v) is 6.15. The molecule has 5 heteroatoms. The van der Waals surface area contributed by atoms with E-state index in [0.29, 0.717) is 6.04 Å². The molecule has 1 unspecified atom stereocenters. The van der Waals surface area contributed by atoms with Crippen LogP contribution >= 0.6 is 0 Å². The summed E-state index contributed by atoms with van der Waals surface area (Å²) in [5.41, 5.74) is 0.0961. The van der Waals surface area contributed by atoms with Crippen LogP contribution in [0, 0.1) is 5.41 Å². The van der Waals surface area contributed by atoms with E-state index in [4.69, 9.17) is 0 Å². The molecule has 1 atom stereocenters. The van der Waals surface area contributed by atoms with Gasteiger partial charge in [0.25, 0.3) is 0 Å². The lowest BCUT2D eigenvalue weighted by molar-refractivity contribution is 0.188. The van der Waals surface area contributed by atoms with Gasteiger partial charge in [-0.15, -0.1) is 0 Å². The Hall–Kier alpha value is -0.130. The van der Waals surface area contributed by atoms with Gasteiger partial charge in [0.1, 0.15) is 0 Å². The molecule has 0 aromatic rings. The molecule has 118 valence electrons. The summed E-state index contributed by atoms with van der Waals surface area (Å²) >= 11 is 0. The van der Waals surface area contributed by atoms with E-state index in [2.05, 4.69) is 23.9 Å². The Balaban J connectivity index is 1.69. The van der Waals surface area contributed by atoms with Crippen molar-refractivity contribution >= 4 is 10.0 Å². The summed E-state index contributed by atoms with van der Waals surface area (Å²) in [6.07, 6.45) is 8.74. The minimum atomic E-state index is -3.12. The van der Waals surface area contributed by atoms with Crippen LogP contribution in [0.5, 0.6) is 0 Å². The molecule has 2 rings (SSSR count). The van der Waals surface area contributed by atoms with Crippen LogP contribution in [0.1, 0.15) is 65.2 Å². The highest BCUT2D eigenvalue weighted by Gasteiger charge is 2.34. The lowest BCUT2D eigenvalue weighted by atomic mass is 9.74. The molecule has 0 aromatic heterocycles. The van der Waals surface area contributed by atoms with Crippen molar-refractivity contribution in [2.24, 2.45) is 5.41 Å². The van der Waals surface area contributed by atoms with Crippen LogP contribution in [0.3, 0.4) is 0 Å².